The van der Waals surface area contributed by atoms with Crippen LogP contribution in [0, 0.1) is 15.9 Å². The summed E-state index contributed by atoms with van der Waals surface area (Å²) in [7, 11) is 1.61. The number of hydrogen-bond donors (Lipinski definition) is 0. The summed E-state index contributed by atoms with van der Waals surface area (Å²) in [5.41, 5.74) is 1.25. The second-order valence-corrected chi connectivity index (χ2v) is 10.1. The zero-order valence-corrected chi connectivity index (χ0v) is 21.2. The first kappa shape index (κ1) is 22.7. The molecule has 30 heavy (non-hydrogen) atoms. The molecule has 3 rings (SSSR count). The molecule has 6 nitrogen and oxygen atoms in total. The third-order valence-corrected chi connectivity index (χ3v) is 5.49. The third-order valence-electron chi connectivity index (χ3n) is 4.19. The third kappa shape index (κ3) is 5.21. The van der Waals surface area contributed by atoms with Crippen molar-refractivity contribution in [2.75, 3.05) is 13.7 Å². The largest absolute Gasteiger partial charge is 0.493 e. The van der Waals surface area contributed by atoms with Gasteiger partial charge in [-0.2, -0.15) is 9.78 Å². The van der Waals surface area contributed by atoms with Crippen molar-refractivity contribution in [3.8, 4) is 11.5 Å². The van der Waals surface area contributed by atoms with Crippen molar-refractivity contribution in [2.45, 2.75) is 27.7 Å². The van der Waals surface area contributed by atoms with Crippen molar-refractivity contribution in [1.82, 2.24) is 9.66 Å². The van der Waals surface area contributed by atoms with Crippen molar-refractivity contribution in [1.29, 1.82) is 0 Å². The van der Waals surface area contributed by atoms with Crippen LogP contribution in [0.25, 0.3) is 10.9 Å². The Morgan fingerprint density at radius 1 is 1.27 bits per heavy atom. The Bertz CT molecular complexity index is 1180. The normalized spacial score (nSPS) is 12.0. The number of halogens is 2. The molecule has 0 unspecified atom stereocenters. The predicted octanol–water partition coefficient (Wildman–Crippen LogP) is 5.39. The first-order valence-corrected chi connectivity index (χ1v) is 11.2. The van der Waals surface area contributed by atoms with Crippen LogP contribution in [-0.2, 0) is 0 Å². The van der Waals surface area contributed by atoms with E-state index in [4.69, 9.17) is 9.47 Å². The number of rotatable bonds is 5. The van der Waals surface area contributed by atoms with E-state index in [1.54, 1.807) is 26.3 Å². The molecular weight excluding hydrogens is 561 g/mol. The van der Waals surface area contributed by atoms with E-state index in [2.05, 4.69) is 69.4 Å². The van der Waals surface area contributed by atoms with E-state index in [9.17, 15) is 4.79 Å². The molecule has 0 fully saturated rings. The second-order valence-electron chi connectivity index (χ2n) is 8.07. The summed E-state index contributed by atoms with van der Waals surface area (Å²) < 4.78 is 14.5. The van der Waals surface area contributed by atoms with Crippen molar-refractivity contribution in [3.63, 3.8) is 0 Å². The van der Waals surface area contributed by atoms with Crippen LogP contribution >= 0.6 is 38.5 Å². The van der Waals surface area contributed by atoms with Gasteiger partial charge in [0.05, 0.1) is 34.4 Å². The van der Waals surface area contributed by atoms with Gasteiger partial charge in [-0.15, -0.1) is 0 Å². The zero-order valence-electron chi connectivity index (χ0n) is 17.5. The average Bonchev–Trinajstić information content (AvgIpc) is 2.66. The topological polar surface area (TPSA) is 65.7 Å². The van der Waals surface area contributed by atoms with Crippen LogP contribution in [0.2, 0.25) is 0 Å². The molecule has 8 heteroatoms. The van der Waals surface area contributed by atoms with Gasteiger partial charge in [-0.3, -0.25) is 4.79 Å². The van der Waals surface area contributed by atoms with Crippen molar-refractivity contribution in [2.24, 2.45) is 10.5 Å². The highest BCUT2D eigenvalue weighted by atomic mass is 127. The fraction of sp³-hybridized carbons (Fsp3) is 0.318. The molecule has 3 aromatic rings. The fourth-order valence-electron chi connectivity index (χ4n) is 2.76. The molecule has 0 bridgehead atoms. The molecular formula is C22H23BrIN3O3. The lowest BCUT2D eigenvalue weighted by Gasteiger charge is -2.21. The lowest BCUT2D eigenvalue weighted by atomic mass is 9.99. The summed E-state index contributed by atoms with van der Waals surface area (Å²) >= 11 is 5.62. The van der Waals surface area contributed by atoms with E-state index in [1.807, 2.05) is 24.3 Å². The maximum absolute atomic E-state index is 12.9. The van der Waals surface area contributed by atoms with Gasteiger partial charge < -0.3 is 9.47 Å². The maximum Gasteiger partial charge on any atom is 0.282 e. The number of ether oxygens (including phenoxy) is 2. The van der Waals surface area contributed by atoms with Gasteiger partial charge in [-0.05, 0) is 70.8 Å². The van der Waals surface area contributed by atoms with Gasteiger partial charge in [0.15, 0.2) is 11.5 Å². The minimum atomic E-state index is -0.221. The van der Waals surface area contributed by atoms with E-state index in [0.717, 1.165) is 13.6 Å². The van der Waals surface area contributed by atoms with Crippen molar-refractivity contribution in [3.05, 3.63) is 60.1 Å². The molecule has 0 N–H and O–H groups in total. The molecule has 1 heterocycles. The summed E-state index contributed by atoms with van der Waals surface area (Å²) in [4.78, 5) is 17.4. The van der Waals surface area contributed by atoms with Crippen LogP contribution in [0.1, 0.15) is 32.2 Å². The molecule has 0 saturated carbocycles. The summed E-state index contributed by atoms with van der Waals surface area (Å²) in [5.74, 6) is 1.84. The van der Waals surface area contributed by atoms with Crippen LogP contribution in [0.4, 0.5) is 0 Å². The van der Waals surface area contributed by atoms with Gasteiger partial charge in [0, 0.05) is 4.47 Å². The summed E-state index contributed by atoms with van der Waals surface area (Å²) in [6.45, 7) is 8.67. The molecule has 0 aliphatic rings. The molecule has 0 saturated heterocycles. The number of nitrogens with zero attached hydrogens (tertiary/aromatic N) is 3. The van der Waals surface area contributed by atoms with E-state index in [1.165, 1.54) is 4.68 Å². The van der Waals surface area contributed by atoms with E-state index in [0.29, 0.717) is 34.8 Å². The minimum Gasteiger partial charge on any atom is -0.493 e. The molecule has 0 radical (unpaired) electrons. The Morgan fingerprint density at radius 3 is 2.67 bits per heavy atom. The van der Waals surface area contributed by atoms with Gasteiger partial charge in [0.1, 0.15) is 5.82 Å². The van der Waals surface area contributed by atoms with Gasteiger partial charge >= 0.3 is 0 Å². The Balaban J connectivity index is 1.98. The van der Waals surface area contributed by atoms with Crippen LogP contribution in [-0.4, -0.2) is 29.6 Å². The van der Waals surface area contributed by atoms with Gasteiger partial charge in [-0.25, -0.2) is 4.98 Å². The molecule has 0 aliphatic heterocycles. The predicted molar refractivity (Wildman–Crippen MR) is 132 cm³/mol. The van der Waals surface area contributed by atoms with Gasteiger partial charge in [0.25, 0.3) is 5.56 Å². The summed E-state index contributed by atoms with van der Waals surface area (Å²) in [6, 6.07) is 9.21. The van der Waals surface area contributed by atoms with Crippen LogP contribution < -0.4 is 15.0 Å². The zero-order chi connectivity index (χ0) is 22.1. The van der Waals surface area contributed by atoms with Gasteiger partial charge in [-0.1, -0.05) is 36.7 Å². The monoisotopic (exact) mass is 583 g/mol. The number of aryl methyl sites for hydroxylation is 1. The Kier molecular flexibility index (Phi) is 6.86. The number of hydrogen-bond acceptors (Lipinski definition) is 5. The molecule has 0 amide bonds. The van der Waals surface area contributed by atoms with Gasteiger partial charge in [0.2, 0.25) is 0 Å². The first-order valence-electron chi connectivity index (χ1n) is 9.32. The summed E-state index contributed by atoms with van der Waals surface area (Å²) in [5, 5.41) is 4.89. The highest BCUT2D eigenvalue weighted by Crippen LogP contribution is 2.34. The lowest BCUT2D eigenvalue weighted by Crippen LogP contribution is -2.20. The second kappa shape index (κ2) is 9.05. The van der Waals surface area contributed by atoms with Crippen LogP contribution in [0.15, 0.2) is 44.7 Å². The Morgan fingerprint density at radius 2 is 2.00 bits per heavy atom. The average molecular weight is 584 g/mol. The SMILES string of the molecule is COc1cc(C=Nn2c(C)nc3ccc(Br)cc3c2=O)cc(I)c1OCC(C)(C)C. The number of aromatic nitrogens is 2. The smallest absolute Gasteiger partial charge is 0.282 e. The highest BCUT2D eigenvalue weighted by Gasteiger charge is 2.16. The van der Waals surface area contributed by atoms with Crippen molar-refractivity contribution >= 4 is 55.6 Å². The van der Waals surface area contributed by atoms with E-state index >= 15 is 0 Å². The number of benzene rings is 2. The summed E-state index contributed by atoms with van der Waals surface area (Å²) in [6.07, 6.45) is 1.62. The quantitative estimate of drug-likeness (QED) is 0.298. The fourth-order valence-corrected chi connectivity index (χ4v) is 3.91. The molecule has 0 atom stereocenters. The molecule has 0 spiro atoms. The standard InChI is InChI=1S/C22H23BrIN3O3/c1-13-26-18-7-6-15(23)10-16(18)21(28)27(13)25-11-14-8-17(24)20(19(9-14)29-5)30-12-22(2,3)4/h6-11H,12H2,1-5H3. The van der Waals surface area contributed by atoms with E-state index in [-0.39, 0.29) is 11.0 Å². The van der Waals surface area contributed by atoms with E-state index < -0.39 is 0 Å². The van der Waals surface area contributed by atoms with Crippen LogP contribution in [0.5, 0.6) is 11.5 Å². The highest BCUT2D eigenvalue weighted by molar-refractivity contribution is 14.1. The van der Waals surface area contributed by atoms with Crippen LogP contribution in [0.3, 0.4) is 0 Å². The Labute approximate surface area is 197 Å². The first-order chi connectivity index (χ1) is 14.1. The number of fused-ring (bicyclic) bond motifs is 1. The maximum atomic E-state index is 12.9. The number of methoxy groups -OCH3 is 1. The molecule has 0 aliphatic carbocycles. The molecule has 1 aromatic heterocycles. The molecule has 2 aromatic carbocycles. The minimum absolute atomic E-state index is 0.0327. The lowest BCUT2D eigenvalue weighted by molar-refractivity contribution is 0.190. The van der Waals surface area contributed by atoms with Crippen molar-refractivity contribution < 1.29 is 9.47 Å². The molecule has 158 valence electrons. The Hall–Kier alpha value is -1.94.